The summed E-state index contributed by atoms with van der Waals surface area (Å²) in [4.78, 5) is 0. The summed E-state index contributed by atoms with van der Waals surface area (Å²) in [5.41, 5.74) is 0. The van der Waals surface area contributed by atoms with Crippen molar-refractivity contribution in [1.82, 2.24) is 5.32 Å². The van der Waals surface area contributed by atoms with E-state index in [2.05, 4.69) is 10.1 Å². The van der Waals surface area contributed by atoms with Crippen molar-refractivity contribution < 1.29 is 31.4 Å². The fourth-order valence-electron chi connectivity index (χ4n) is 1.89. The monoisotopic (exact) mass is 291 g/mol. The number of halogens is 5. The van der Waals surface area contributed by atoms with Crippen molar-refractivity contribution in [2.24, 2.45) is 5.92 Å². The Morgan fingerprint density at radius 3 is 2.47 bits per heavy atom. The number of nitrogens with one attached hydrogen (secondary N) is 1. The Morgan fingerprint density at radius 2 is 2.00 bits per heavy atom. The third-order valence-corrected chi connectivity index (χ3v) is 3.00. The van der Waals surface area contributed by atoms with Gasteiger partial charge in [0.2, 0.25) is 0 Å². The van der Waals surface area contributed by atoms with Gasteiger partial charge in [0.1, 0.15) is 6.61 Å². The van der Waals surface area contributed by atoms with E-state index < -0.39 is 18.7 Å². The predicted octanol–water partition coefficient (Wildman–Crippen LogP) is 2.22. The molecule has 2 unspecified atom stereocenters. The molecule has 0 radical (unpaired) electrons. The van der Waals surface area contributed by atoms with Crippen LogP contribution in [0.15, 0.2) is 0 Å². The van der Waals surface area contributed by atoms with Gasteiger partial charge in [-0.05, 0) is 13.0 Å². The lowest BCUT2D eigenvalue weighted by molar-refractivity contribution is -0.297. The molecular weight excluding hydrogens is 273 g/mol. The Hall–Kier alpha value is -0.470. The Balaban J connectivity index is 2.40. The number of likely N-dealkylation sites (N-methyl/N-ethyl adjacent to an activating group) is 1. The fraction of sp³-hybridized carbons (Fsp3) is 1.00. The molecule has 1 fully saturated rings. The number of ether oxygens (including phenoxy) is 2. The first-order valence-corrected chi connectivity index (χ1v) is 6.11. The van der Waals surface area contributed by atoms with E-state index in [-0.39, 0.29) is 18.6 Å². The smallest absolute Gasteiger partial charge is 0.381 e. The van der Waals surface area contributed by atoms with Gasteiger partial charge in [0, 0.05) is 18.6 Å². The van der Waals surface area contributed by atoms with Crippen LogP contribution in [0.4, 0.5) is 22.0 Å². The maximum atomic E-state index is 12.6. The highest BCUT2D eigenvalue weighted by atomic mass is 19.4. The number of rotatable bonds is 7. The topological polar surface area (TPSA) is 30.5 Å². The van der Waals surface area contributed by atoms with Gasteiger partial charge in [0.15, 0.2) is 0 Å². The van der Waals surface area contributed by atoms with Gasteiger partial charge in [-0.15, -0.1) is 0 Å². The van der Waals surface area contributed by atoms with Crippen molar-refractivity contribution in [3.8, 4) is 0 Å². The van der Waals surface area contributed by atoms with Gasteiger partial charge in [0.25, 0.3) is 0 Å². The molecule has 0 aromatic heterocycles. The standard InChI is InChI=1S/C11H18F5NO2/c1-2-17-9(8-3-4-18-5-8)6-19-7-10(12,13)11(14,15)16/h8-9,17H,2-7H2,1H3. The van der Waals surface area contributed by atoms with Crippen LogP contribution in [0.25, 0.3) is 0 Å². The van der Waals surface area contributed by atoms with Crippen LogP contribution in [0.2, 0.25) is 0 Å². The van der Waals surface area contributed by atoms with Gasteiger partial charge >= 0.3 is 12.1 Å². The molecule has 114 valence electrons. The summed E-state index contributed by atoms with van der Waals surface area (Å²) in [7, 11) is 0. The molecule has 0 amide bonds. The minimum absolute atomic E-state index is 0.0828. The Kier molecular flexibility index (Phi) is 5.94. The first kappa shape index (κ1) is 16.6. The van der Waals surface area contributed by atoms with Gasteiger partial charge in [-0.2, -0.15) is 22.0 Å². The molecule has 1 heterocycles. The van der Waals surface area contributed by atoms with Crippen LogP contribution >= 0.6 is 0 Å². The van der Waals surface area contributed by atoms with Crippen molar-refractivity contribution in [3.05, 3.63) is 0 Å². The van der Waals surface area contributed by atoms with E-state index in [1.807, 2.05) is 6.92 Å². The van der Waals surface area contributed by atoms with Gasteiger partial charge in [0.05, 0.1) is 13.2 Å². The maximum Gasteiger partial charge on any atom is 0.455 e. The first-order valence-electron chi connectivity index (χ1n) is 6.11. The average Bonchev–Trinajstić information content (AvgIpc) is 2.79. The second-order valence-electron chi connectivity index (χ2n) is 4.51. The maximum absolute atomic E-state index is 12.6. The molecule has 1 aliphatic heterocycles. The third-order valence-electron chi connectivity index (χ3n) is 3.00. The molecule has 2 atom stereocenters. The van der Waals surface area contributed by atoms with Gasteiger partial charge in [-0.1, -0.05) is 6.92 Å². The fourth-order valence-corrected chi connectivity index (χ4v) is 1.89. The molecule has 0 bridgehead atoms. The quantitative estimate of drug-likeness (QED) is 0.730. The first-order chi connectivity index (χ1) is 8.78. The van der Waals surface area contributed by atoms with E-state index in [0.29, 0.717) is 19.8 Å². The highest BCUT2D eigenvalue weighted by molar-refractivity contribution is 4.80. The minimum atomic E-state index is -5.57. The lowest BCUT2D eigenvalue weighted by atomic mass is 10.00. The van der Waals surface area contributed by atoms with Crippen LogP contribution in [0.3, 0.4) is 0 Å². The van der Waals surface area contributed by atoms with Crippen molar-refractivity contribution >= 4 is 0 Å². The van der Waals surface area contributed by atoms with Gasteiger partial charge < -0.3 is 14.8 Å². The highest BCUT2D eigenvalue weighted by Gasteiger charge is 2.57. The van der Waals surface area contributed by atoms with Gasteiger partial charge in [-0.25, -0.2) is 0 Å². The lowest BCUT2D eigenvalue weighted by Gasteiger charge is -2.25. The minimum Gasteiger partial charge on any atom is -0.381 e. The molecular formula is C11H18F5NO2. The van der Waals surface area contributed by atoms with Crippen molar-refractivity contribution in [1.29, 1.82) is 0 Å². The summed E-state index contributed by atoms with van der Waals surface area (Å²) >= 11 is 0. The van der Waals surface area contributed by atoms with E-state index in [4.69, 9.17) is 4.74 Å². The summed E-state index contributed by atoms with van der Waals surface area (Å²) in [5.74, 6) is -4.73. The molecule has 1 saturated heterocycles. The second kappa shape index (κ2) is 6.81. The summed E-state index contributed by atoms with van der Waals surface area (Å²) in [6.45, 7) is 1.62. The van der Waals surface area contributed by atoms with Crippen molar-refractivity contribution in [2.75, 3.05) is 33.0 Å². The molecule has 0 aliphatic carbocycles. The normalized spacial score (nSPS) is 22.7. The Bertz CT molecular complexity index is 266. The van der Waals surface area contributed by atoms with Crippen LogP contribution in [0.1, 0.15) is 13.3 Å². The second-order valence-corrected chi connectivity index (χ2v) is 4.51. The van der Waals surface area contributed by atoms with Crippen LogP contribution in [0, 0.1) is 5.92 Å². The van der Waals surface area contributed by atoms with Crippen molar-refractivity contribution in [2.45, 2.75) is 31.5 Å². The molecule has 1 aliphatic rings. The van der Waals surface area contributed by atoms with Gasteiger partial charge in [-0.3, -0.25) is 0 Å². The molecule has 1 rings (SSSR count). The summed E-state index contributed by atoms with van der Waals surface area (Å²) < 4.78 is 70.8. The molecule has 8 heteroatoms. The predicted molar refractivity (Wildman–Crippen MR) is 58.2 cm³/mol. The largest absolute Gasteiger partial charge is 0.455 e. The number of hydrogen-bond acceptors (Lipinski definition) is 3. The van der Waals surface area contributed by atoms with E-state index >= 15 is 0 Å². The molecule has 1 N–H and O–H groups in total. The van der Waals surface area contributed by atoms with E-state index in [0.717, 1.165) is 6.42 Å². The Morgan fingerprint density at radius 1 is 1.32 bits per heavy atom. The van der Waals surface area contributed by atoms with Crippen LogP contribution < -0.4 is 5.32 Å². The summed E-state index contributed by atoms with van der Waals surface area (Å²) in [6.07, 6.45) is -4.83. The number of alkyl halides is 5. The van der Waals surface area contributed by atoms with Crippen molar-refractivity contribution in [3.63, 3.8) is 0 Å². The highest BCUT2D eigenvalue weighted by Crippen LogP contribution is 2.35. The zero-order valence-corrected chi connectivity index (χ0v) is 10.6. The molecule has 0 aromatic carbocycles. The van der Waals surface area contributed by atoms with Crippen LogP contribution in [0.5, 0.6) is 0 Å². The SMILES string of the molecule is CCNC(COCC(F)(F)C(F)(F)F)C1CCOC1. The Labute approximate surface area is 108 Å². The van der Waals surface area contributed by atoms with E-state index in [9.17, 15) is 22.0 Å². The van der Waals surface area contributed by atoms with E-state index in [1.165, 1.54) is 0 Å². The molecule has 0 spiro atoms. The lowest BCUT2D eigenvalue weighted by Crippen LogP contribution is -2.44. The molecule has 0 saturated carbocycles. The van der Waals surface area contributed by atoms with Crippen LogP contribution in [-0.4, -0.2) is 51.1 Å². The van der Waals surface area contributed by atoms with E-state index in [1.54, 1.807) is 0 Å². The third kappa shape index (κ3) is 4.85. The molecule has 3 nitrogen and oxygen atoms in total. The number of hydrogen-bond donors (Lipinski definition) is 1. The summed E-state index contributed by atoms with van der Waals surface area (Å²) in [6, 6.07) is -0.267. The molecule has 19 heavy (non-hydrogen) atoms. The summed E-state index contributed by atoms with van der Waals surface area (Å²) in [5, 5.41) is 3.02. The average molecular weight is 291 g/mol. The zero-order valence-electron chi connectivity index (χ0n) is 10.6. The zero-order chi connectivity index (χ0) is 14.5. The molecule has 0 aromatic rings. The van der Waals surface area contributed by atoms with Crippen LogP contribution in [-0.2, 0) is 9.47 Å².